The second kappa shape index (κ2) is 8.21. The monoisotopic (exact) mass is 329 g/mol. The fourth-order valence-corrected chi connectivity index (χ4v) is 2.84. The molecule has 0 amide bonds. The Morgan fingerprint density at radius 1 is 1.09 bits per heavy atom. The van der Waals surface area contributed by atoms with Crippen molar-refractivity contribution in [3.8, 4) is 0 Å². The molecule has 0 aromatic carbocycles. The van der Waals surface area contributed by atoms with E-state index < -0.39 is 42.9 Å². The van der Waals surface area contributed by atoms with Crippen LogP contribution in [0.1, 0.15) is 26.7 Å². The maximum absolute atomic E-state index is 10.1. The molecule has 0 aromatic heterocycles. The summed E-state index contributed by atoms with van der Waals surface area (Å²) in [7, 11) is 0.814. The van der Waals surface area contributed by atoms with Gasteiger partial charge in [0.1, 0.15) is 0 Å². The van der Waals surface area contributed by atoms with Gasteiger partial charge in [-0.3, -0.25) is 0 Å². The van der Waals surface area contributed by atoms with Crippen LogP contribution in [-0.4, -0.2) is 71.6 Å². The van der Waals surface area contributed by atoms with Crippen molar-refractivity contribution < 1.29 is 34.2 Å². The number of rotatable bonds is 6. The molecule has 0 bridgehead atoms. The molecule has 23 heavy (non-hydrogen) atoms. The van der Waals surface area contributed by atoms with Crippen molar-refractivity contribution >= 4 is 7.27 Å². The molecule has 0 radical (unpaired) electrons. The van der Waals surface area contributed by atoms with E-state index in [0.717, 1.165) is 7.27 Å². The van der Waals surface area contributed by atoms with Crippen LogP contribution in [-0.2, 0) is 18.9 Å². The van der Waals surface area contributed by atoms with Crippen LogP contribution < -0.4 is 0 Å². The van der Waals surface area contributed by atoms with Crippen LogP contribution in [0, 0.1) is 5.31 Å². The van der Waals surface area contributed by atoms with Crippen molar-refractivity contribution in [1.82, 2.24) is 0 Å². The van der Waals surface area contributed by atoms with Crippen molar-refractivity contribution in [3.05, 3.63) is 12.3 Å². The molecular weight excluding hydrogens is 305 g/mol. The van der Waals surface area contributed by atoms with E-state index in [1.165, 1.54) is 6.26 Å². The zero-order valence-electron chi connectivity index (χ0n) is 13.2. The van der Waals surface area contributed by atoms with Crippen LogP contribution in [0.3, 0.4) is 0 Å². The van der Waals surface area contributed by atoms with Gasteiger partial charge in [-0.15, -0.1) is 0 Å². The van der Waals surface area contributed by atoms with Crippen molar-refractivity contribution in [1.29, 1.82) is 5.31 Å². The Balaban J connectivity index is 2.13. The average Bonchev–Trinajstić information content (AvgIpc) is 2.56. The van der Waals surface area contributed by atoms with E-state index in [-0.39, 0.29) is 6.10 Å². The molecule has 2 aliphatic heterocycles. The normalized spacial score (nSPS) is 43.5. The maximum atomic E-state index is 10.1. The zero-order valence-corrected chi connectivity index (χ0v) is 13.2. The molecule has 4 N–H and O–H groups in total. The van der Waals surface area contributed by atoms with Crippen LogP contribution in [0.25, 0.3) is 0 Å². The first kappa shape index (κ1) is 18.3. The Hall–Kier alpha value is -0.995. The molecule has 1 fully saturated rings. The summed E-state index contributed by atoms with van der Waals surface area (Å²) >= 11 is 0. The third kappa shape index (κ3) is 3.92. The minimum atomic E-state index is -1.39. The molecule has 0 aromatic rings. The minimum absolute atomic E-state index is 0.343. The van der Waals surface area contributed by atoms with Gasteiger partial charge in [-0.25, -0.2) is 0 Å². The van der Waals surface area contributed by atoms with Gasteiger partial charge in [0.15, 0.2) is 0 Å². The molecule has 2 heterocycles. The van der Waals surface area contributed by atoms with Gasteiger partial charge in [0.05, 0.1) is 0 Å². The SMILES string of the molecule is CCC1O[C@@H](O[C@H]2C(OB=N)C=COC2CC)C(O)C(O)[C@H]1O. The van der Waals surface area contributed by atoms with E-state index >= 15 is 0 Å². The van der Waals surface area contributed by atoms with Gasteiger partial charge in [0, 0.05) is 0 Å². The van der Waals surface area contributed by atoms with Crippen molar-refractivity contribution in [3.63, 3.8) is 0 Å². The average molecular weight is 329 g/mol. The molecule has 0 aliphatic carbocycles. The van der Waals surface area contributed by atoms with Crippen LogP contribution in [0.5, 0.6) is 0 Å². The first-order valence-electron chi connectivity index (χ1n) is 7.85. The molecule has 9 heteroatoms. The molecule has 130 valence electrons. The first-order valence-corrected chi connectivity index (χ1v) is 7.85. The number of nitrogens with one attached hydrogen (secondary N) is 1. The summed E-state index contributed by atoms with van der Waals surface area (Å²) in [5, 5.41) is 37.1. The Bertz CT molecular complexity index is 422. The summed E-state index contributed by atoms with van der Waals surface area (Å²) in [5.41, 5.74) is 0. The van der Waals surface area contributed by atoms with E-state index in [1.807, 2.05) is 6.92 Å². The number of aliphatic hydroxyl groups excluding tert-OH is 3. The summed E-state index contributed by atoms with van der Waals surface area (Å²) in [6.07, 6.45) is -3.02. The third-order valence-corrected chi connectivity index (χ3v) is 4.20. The predicted molar refractivity (Wildman–Crippen MR) is 79.5 cm³/mol. The van der Waals surface area contributed by atoms with E-state index in [1.54, 1.807) is 13.0 Å². The van der Waals surface area contributed by atoms with Gasteiger partial charge in [0.2, 0.25) is 0 Å². The van der Waals surface area contributed by atoms with Gasteiger partial charge in [-0.05, 0) is 0 Å². The predicted octanol–water partition coefficient (Wildman–Crippen LogP) is -0.322. The Kier molecular flexibility index (Phi) is 6.55. The fraction of sp³-hybridized carbons (Fsp3) is 0.857. The van der Waals surface area contributed by atoms with Gasteiger partial charge >= 0.3 is 135 Å². The van der Waals surface area contributed by atoms with E-state index in [4.69, 9.17) is 24.2 Å². The topological polar surface area (TPSA) is 121 Å². The van der Waals surface area contributed by atoms with E-state index in [9.17, 15) is 15.3 Å². The van der Waals surface area contributed by atoms with Crippen molar-refractivity contribution in [2.45, 2.75) is 75.7 Å². The second-order valence-corrected chi connectivity index (χ2v) is 5.65. The zero-order chi connectivity index (χ0) is 17.0. The first-order chi connectivity index (χ1) is 11.0. The van der Waals surface area contributed by atoms with Gasteiger partial charge < -0.3 is 0 Å². The molecule has 2 aliphatic rings. The summed E-state index contributed by atoms with van der Waals surface area (Å²) in [5.74, 6) is 0. The van der Waals surface area contributed by atoms with Crippen LogP contribution in [0.4, 0.5) is 0 Å². The van der Waals surface area contributed by atoms with Crippen LogP contribution in [0.15, 0.2) is 12.3 Å². The molecule has 8 atom stereocenters. The molecule has 1 saturated heterocycles. The summed E-state index contributed by atoms with van der Waals surface area (Å²) < 4.78 is 22.1. The van der Waals surface area contributed by atoms with Gasteiger partial charge in [-0.1, -0.05) is 0 Å². The number of hydrogen-bond donors (Lipinski definition) is 4. The summed E-state index contributed by atoms with van der Waals surface area (Å²) in [6, 6.07) is 0. The third-order valence-electron chi connectivity index (χ3n) is 4.20. The van der Waals surface area contributed by atoms with E-state index in [2.05, 4.69) is 0 Å². The van der Waals surface area contributed by atoms with Crippen LogP contribution >= 0.6 is 0 Å². The fourth-order valence-electron chi connectivity index (χ4n) is 2.84. The molecule has 5 unspecified atom stereocenters. The van der Waals surface area contributed by atoms with Crippen molar-refractivity contribution in [2.24, 2.45) is 0 Å². The van der Waals surface area contributed by atoms with Crippen LogP contribution in [0.2, 0.25) is 0 Å². The summed E-state index contributed by atoms with van der Waals surface area (Å²) in [6.45, 7) is 3.71. The van der Waals surface area contributed by atoms with Gasteiger partial charge in [-0.2, -0.15) is 0 Å². The quantitative estimate of drug-likeness (QED) is 0.493. The standard InChI is InChI=1S/C14H24BNO7/c1-3-7-10(17)11(18)12(19)14(21-7)22-13-8(4-2)20-6-5-9(13)23-15-16/h5-14,16-19H,3-4H2,1-2H3/t7?,8?,9?,10-,11?,12?,13+,14-/m0/s1. The van der Waals surface area contributed by atoms with Crippen molar-refractivity contribution in [2.75, 3.05) is 0 Å². The Morgan fingerprint density at radius 2 is 1.78 bits per heavy atom. The molecule has 2 rings (SSSR count). The van der Waals surface area contributed by atoms with E-state index in [0.29, 0.717) is 12.8 Å². The second-order valence-electron chi connectivity index (χ2n) is 5.65. The molecule has 0 saturated carbocycles. The number of hydrogen-bond acceptors (Lipinski definition) is 8. The number of aliphatic hydroxyl groups is 3. The Labute approximate surface area is 135 Å². The molecule has 0 spiro atoms. The molecule has 8 nitrogen and oxygen atoms in total. The van der Waals surface area contributed by atoms with Gasteiger partial charge in [0.25, 0.3) is 0 Å². The molecular formula is C14H24BNO7. The summed E-state index contributed by atoms with van der Waals surface area (Å²) in [4.78, 5) is 0. The number of ether oxygens (including phenoxy) is 3. The Morgan fingerprint density at radius 3 is 2.39 bits per heavy atom.